The van der Waals surface area contributed by atoms with Crippen molar-refractivity contribution in [3.05, 3.63) is 0 Å². The number of carbonyl (C=O) groups is 6. The van der Waals surface area contributed by atoms with Crippen molar-refractivity contribution in [3.63, 3.8) is 0 Å². The van der Waals surface area contributed by atoms with Crippen LogP contribution in [-0.2, 0) is 56.7 Å². The molecule has 0 spiro atoms. The molecule has 0 heterocycles. The van der Waals surface area contributed by atoms with Crippen LogP contribution < -0.4 is 29.6 Å². The Morgan fingerprint density at radius 1 is 0.444 bits per heavy atom. The molecule has 0 aromatic carbocycles. The van der Waals surface area contributed by atoms with Gasteiger partial charge in [0.15, 0.2) is 0 Å². The summed E-state index contributed by atoms with van der Waals surface area (Å²) < 4.78 is 26.1. The van der Waals surface area contributed by atoms with Crippen LogP contribution in [0.5, 0.6) is 0 Å². The topological polar surface area (TPSA) is 158 Å². The molecule has 0 aliphatic heterocycles. The van der Waals surface area contributed by atoms with Crippen LogP contribution in [0.3, 0.4) is 0 Å². The zero-order valence-corrected chi connectivity index (χ0v) is 18.1. The maximum Gasteiger partial charge on any atom is 1.00 e. The van der Waals surface area contributed by atoms with E-state index in [1.807, 2.05) is 0 Å². The molecule has 0 atom stereocenters. The molecule has 15 heteroatoms. The third-order valence-corrected chi connectivity index (χ3v) is 1.57. The van der Waals surface area contributed by atoms with Gasteiger partial charge in [0.25, 0.3) is 35.8 Å². The maximum atomic E-state index is 10.4. The van der Waals surface area contributed by atoms with Crippen LogP contribution in [0.25, 0.3) is 0 Å². The number of rotatable bonds is 6. The van der Waals surface area contributed by atoms with E-state index in [1.165, 1.54) is 0 Å². The SMILES string of the molecule is CC(=O)OB(OC(C)=O)OC(C)=O.CC(=O)OB(OC(C)=O)OC(C)=O.[H-].[Na+]. The molecular weight excluding hydrogens is 381 g/mol. The summed E-state index contributed by atoms with van der Waals surface area (Å²) >= 11 is 0. The van der Waals surface area contributed by atoms with Gasteiger partial charge in [0, 0.05) is 41.5 Å². The van der Waals surface area contributed by atoms with Crippen molar-refractivity contribution in [1.82, 2.24) is 0 Å². The average molecular weight is 400 g/mol. The van der Waals surface area contributed by atoms with Gasteiger partial charge in [-0.2, -0.15) is 0 Å². The van der Waals surface area contributed by atoms with Gasteiger partial charge in [-0.05, 0) is 0 Å². The Bertz CT molecular complexity index is 435. The van der Waals surface area contributed by atoms with Crippen molar-refractivity contribution >= 4 is 50.5 Å². The molecule has 0 aliphatic rings. The van der Waals surface area contributed by atoms with Crippen molar-refractivity contribution in [2.75, 3.05) is 0 Å². The molecule has 0 saturated carbocycles. The van der Waals surface area contributed by atoms with Crippen LogP contribution in [0.15, 0.2) is 0 Å². The molecule has 0 aromatic heterocycles. The molecule has 0 fully saturated rings. The summed E-state index contributed by atoms with van der Waals surface area (Å²) in [6.07, 6.45) is 0. The summed E-state index contributed by atoms with van der Waals surface area (Å²) in [7, 11) is -3.18. The van der Waals surface area contributed by atoms with Crippen molar-refractivity contribution in [2.45, 2.75) is 41.5 Å². The zero-order chi connectivity index (χ0) is 20.9. The van der Waals surface area contributed by atoms with Gasteiger partial charge < -0.3 is 29.4 Å². The average Bonchev–Trinajstić information content (AvgIpc) is 2.33. The van der Waals surface area contributed by atoms with E-state index in [-0.39, 0.29) is 31.0 Å². The van der Waals surface area contributed by atoms with Gasteiger partial charge in [-0.3, -0.25) is 28.8 Å². The van der Waals surface area contributed by atoms with Crippen LogP contribution in [0.2, 0.25) is 0 Å². The smallest absolute Gasteiger partial charge is 1.00 e. The second-order valence-electron chi connectivity index (χ2n) is 4.23. The summed E-state index contributed by atoms with van der Waals surface area (Å²) in [5.41, 5.74) is 0. The molecule has 0 amide bonds. The standard InChI is InChI=1S/2C6H9BO6.Na.H/c2*1-4(8)11-7(12-5(2)9)13-6(3)10;;/h2*1-3H3;;/q;;+1;-1. The molecular formula is C12H19B2NaO12. The third-order valence-electron chi connectivity index (χ3n) is 1.57. The molecule has 27 heavy (non-hydrogen) atoms. The Balaban J connectivity index is -0.000000192. The van der Waals surface area contributed by atoms with Crippen LogP contribution in [-0.4, -0.2) is 50.5 Å². The summed E-state index contributed by atoms with van der Waals surface area (Å²) in [6.45, 7) is 6.58. The molecule has 12 nitrogen and oxygen atoms in total. The van der Waals surface area contributed by atoms with E-state index < -0.39 is 50.5 Å². The van der Waals surface area contributed by atoms with Crippen LogP contribution in [0, 0.1) is 0 Å². The van der Waals surface area contributed by atoms with Crippen LogP contribution >= 0.6 is 0 Å². The van der Waals surface area contributed by atoms with Gasteiger partial charge in [-0.25, -0.2) is 0 Å². The largest absolute Gasteiger partial charge is 1.00 e. The second-order valence-corrected chi connectivity index (χ2v) is 4.23. The van der Waals surface area contributed by atoms with Crippen molar-refractivity contribution in [3.8, 4) is 0 Å². The molecule has 0 aromatic rings. The fraction of sp³-hybridized carbons (Fsp3) is 0.500. The Morgan fingerprint density at radius 2 is 0.556 bits per heavy atom. The normalized spacial score (nSPS) is 8.22. The predicted octanol–water partition coefficient (Wildman–Crippen LogP) is -3.56. The van der Waals surface area contributed by atoms with E-state index in [0.29, 0.717) is 0 Å². The van der Waals surface area contributed by atoms with Gasteiger partial charge in [0.2, 0.25) is 0 Å². The third kappa shape index (κ3) is 23.9. The molecule has 0 saturated heterocycles. The molecule has 0 aliphatic carbocycles. The Labute approximate surface area is 179 Å². The minimum atomic E-state index is -1.59. The van der Waals surface area contributed by atoms with Crippen LogP contribution in [0.1, 0.15) is 43.0 Å². The predicted molar refractivity (Wildman–Crippen MR) is 83.2 cm³/mol. The van der Waals surface area contributed by atoms with E-state index in [9.17, 15) is 28.8 Å². The fourth-order valence-corrected chi connectivity index (χ4v) is 0.957. The van der Waals surface area contributed by atoms with Gasteiger partial charge in [0.1, 0.15) is 0 Å². The summed E-state index contributed by atoms with van der Waals surface area (Å²) in [4.78, 5) is 62.5. The minimum Gasteiger partial charge on any atom is -1.00 e. The molecule has 0 bridgehead atoms. The van der Waals surface area contributed by atoms with Gasteiger partial charge >= 0.3 is 44.2 Å². The summed E-state index contributed by atoms with van der Waals surface area (Å²) in [6, 6.07) is 0. The maximum absolute atomic E-state index is 10.4. The first-order valence-corrected chi connectivity index (χ1v) is 6.86. The molecule has 146 valence electrons. The molecule has 0 radical (unpaired) electrons. The fourth-order valence-electron chi connectivity index (χ4n) is 0.957. The van der Waals surface area contributed by atoms with E-state index in [1.54, 1.807) is 0 Å². The summed E-state index contributed by atoms with van der Waals surface area (Å²) in [5.74, 6) is -4.29. The minimum absolute atomic E-state index is 0. The Morgan fingerprint density at radius 3 is 0.630 bits per heavy atom. The number of hydrogen-bond acceptors (Lipinski definition) is 12. The number of carbonyl (C=O) groups excluding carboxylic acids is 6. The van der Waals surface area contributed by atoms with Crippen molar-refractivity contribution in [1.29, 1.82) is 0 Å². The van der Waals surface area contributed by atoms with E-state index in [0.717, 1.165) is 41.5 Å². The van der Waals surface area contributed by atoms with E-state index >= 15 is 0 Å². The molecule has 0 rings (SSSR count). The van der Waals surface area contributed by atoms with E-state index in [2.05, 4.69) is 27.9 Å². The zero-order valence-electron chi connectivity index (χ0n) is 17.1. The van der Waals surface area contributed by atoms with Gasteiger partial charge in [-0.1, -0.05) is 0 Å². The van der Waals surface area contributed by atoms with Crippen molar-refractivity contribution in [2.24, 2.45) is 0 Å². The second kappa shape index (κ2) is 16.1. The van der Waals surface area contributed by atoms with Gasteiger partial charge in [-0.15, -0.1) is 0 Å². The summed E-state index contributed by atoms with van der Waals surface area (Å²) in [5, 5.41) is 0. The first-order chi connectivity index (χ1) is 11.8. The van der Waals surface area contributed by atoms with Crippen molar-refractivity contribution < 1.29 is 87.7 Å². The molecule has 0 unspecified atom stereocenters. The van der Waals surface area contributed by atoms with Gasteiger partial charge in [0.05, 0.1) is 0 Å². The Hall–Kier alpha value is -2.05. The first kappa shape index (κ1) is 29.7. The quantitative estimate of drug-likeness (QED) is 0.405. The Kier molecular flexibility index (Phi) is 17.8. The number of hydrogen-bond donors (Lipinski definition) is 0. The monoisotopic (exact) mass is 400 g/mol. The van der Waals surface area contributed by atoms with Crippen LogP contribution in [0.4, 0.5) is 0 Å². The molecule has 0 N–H and O–H groups in total. The van der Waals surface area contributed by atoms with E-state index in [4.69, 9.17) is 0 Å². The first-order valence-electron chi connectivity index (χ1n) is 6.86.